The van der Waals surface area contributed by atoms with Crippen LogP contribution in [0.2, 0.25) is 0 Å². The normalized spacial score (nSPS) is 17.7. The molecule has 0 aromatic carbocycles. The summed E-state index contributed by atoms with van der Waals surface area (Å²) in [5, 5.41) is 8.92. The van der Waals surface area contributed by atoms with Crippen LogP contribution in [0.4, 0.5) is 0 Å². The fraction of sp³-hybridized carbons (Fsp3) is 0.846. The molecule has 1 rings (SSSR count). The van der Waals surface area contributed by atoms with Crippen LogP contribution in [-0.4, -0.2) is 40.5 Å². The maximum atomic E-state index is 12.2. The third kappa shape index (κ3) is 4.29. The number of carboxylic acids is 1. The van der Waals surface area contributed by atoms with Gasteiger partial charge in [0.05, 0.1) is 6.04 Å². The van der Waals surface area contributed by atoms with Gasteiger partial charge in [0.15, 0.2) is 0 Å². The van der Waals surface area contributed by atoms with E-state index in [2.05, 4.69) is 0 Å². The van der Waals surface area contributed by atoms with Gasteiger partial charge in [-0.25, -0.2) is 0 Å². The van der Waals surface area contributed by atoms with Crippen molar-refractivity contribution in [2.24, 2.45) is 5.73 Å². The third-order valence-electron chi connectivity index (χ3n) is 3.54. The first-order valence-corrected chi connectivity index (χ1v) is 6.84. The van der Waals surface area contributed by atoms with Crippen molar-refractivity contribution >= 4 is 11.9 Å². The summed E-state index contributed by atoms with van der Waals surface area (Å²) in [7, 11) is 0. The number of hydrogen-bond donors (Lipinski definition) is 2. The molecule has 18 heavy (non-hydrogen) atoms. The Kier molecular flexibility index (Phi) is 6.12. The average molecular weight is 256 g/mol. The maximum Gasteiger partial charge on any atom is 0.323 e. The lowest BCUT2D eigenvalue weighted by atomic mass is 10.1. The van der Waals surface area contributed by atoms with Gasteiger partial charge in [0, 0.05) is 6.04 Å². The van der Waals surface area contributed by atoms with Gasteiger partial charge >= 0.3 is 5.97 Å². The van der Waals surface area contributed by atoms with Gasteiger partial charge in [-0.15, -0.1) is 0 Å². The zero-order valence-corrected chi connectivity index (χ0v) is 11.1. The Labute approximate surface area is 108 Å². The van der Waals surface area contributed by atoms with Crippen molar-refractivity contribution in [2.75, 3.05) is 6.54 Å². The highest BCUT2D eigenvalue weighted by molar-refractivity contribution is 5.85. The zero-order chi connectivity index (χ0) is 13.5. The summed E-state index contributed by atoms with van der Waals surface area (Å²) in [5.74, 6) is -1.16. The van der Waals surface area contributed by atoms with E-state index in [1.165, 1.54) is 4.90 Å². The zero-order valence-electron chi connectivity index (χ0n) is 11.1. The van der Waals surface area contributed by atoms with Crippen molar-refractivity contribution in [3.8, 4) is 0 Å². The summed E-state index contributed by atoms with van der Waals surface area (Å²) in [6, 6.07) is -0.480. The van der Waals surface area contributed by atoms with Gasteiger partial charge in [0.25, 0.3) is 0 Å². The number of carbonyl (C=O) groups is 2. The highest BCUT2D eigenvalue weighted by Crippen LogP contribution is 2.24. The summed E-state index contributed by atoms with van der Waals surface area (Å²) >= 11 is 0. The summed E-state index contributed by atoms with van der Waals surface area (Å²) in [6.45, 7) is 1.83. The molecule has 0 radical (unpaired) electrons. The lowest BCUT2D eigenvalue weighted by Crippen LogP contribution is -2.49. The summed E-state index contributed by atoms with van der Waals surface area (Å²) in [6.07, 6.45) is 6.47. The van der Waals surface area contributed by atoms with Gasteiger partial charge < -0.3 is 15.7 Å². The Hall–Kier alpha value is -1.10. The van der Waals surface area contributed by atoms with E-state index in [-0.39, 0.29) is 18.5 Å². The number of carboxylic acid groups (broad SMARTS) is 1. The SMILES string of the molecule is CCCCC(N)C(=O)N(CC(=O)O)C1CCCC1. The van der Waals surface area contributed by atoms with Crippen molar-refractivity contribution in [3.63, 3.8) is 0 Å². The van der Waals surface area contributed by atoms with Gasteiger partial charge in [-0.1, -0.05) is 32.6 Å². The lowest BCUT2D eigenvalue weighted by Gasteiger charge is -2.29. The Morgan fingerprint density at radius 1 is 1.39 bits per heavy atom. The van der Waals surface area contributed by atoms with Crippen LogP contribution in [0.15, 0.2) is 0 Å². The first-order chi connectivity index (χ1) is 8.56. The Bertz CT molecular complexity index is 288. The molecule has 0 aliphatic heterocycles. The molecule has 1 fully saturated rings. The van der Waals surface area contributed by atoms with E-state index in [1.807, 2.05) is 6.92 Å². The molecule has 0 saturated heterocycles. The molecule has 1 unspecified atom stereocenters. The predicted molar refractivity (Wildman–Crippen MR) is 69.1 cm³/mol. The Morgan fingerprint density at radius 3 is 2.50 bits per heavy atom. The van der Waals surface area contributed by atoms with Crippen LogP contribution in [0.3, 0.4) is 0 Å². The molecule has 0 bridgehead atoms. The molecule has 0 spiro atoms. The molecule has 0 aromatic heterocycles. The molecule has 3 N–H and O–H groups in total. The number of carbonyl (C=O) groups excluding carboxylic acids is 1. The number of hydrogen-bond acceptors (Lipinski definition) is 3. The second-order valence-corrected chi connectivity index (χ2v) is 5.05. The molecule has 1 atom stereocenters. The Morgan fingerprint density at radius 2 is 2.00 bits per heavy atom. The van der Waals surface area contributed by atoms with Gasteiger partial charge in [-0.3, -0.25) is 9.59 Å². The van der Waals surface area contributed by atoms with Crippen LogP contribution in [0.5, 0.6) is 0 Å². The summed E-state index contributed by atoms with van der Waals surface area (Å²) in [4.78, 5) is 24.6. The molecule has 5 heteroatoms. The first-order valence-electron chi connectivity index (χ1n) is 6.84. The molecule has 1 amide bonds. The molecule has 104 valence electrons. The fourth-order valence-electron chi connectivity index (χ4n) is 2.51. The number of aliphatic carboxylic acids is 1. The van der Waals surface area contributed by atoms with Crippen molar-refractivity contribution in [3.05, 3.63) is 0 Å². The van der Waals surface area contributed by atoms with Gasteiger partial charge in [-0.2, -0.15) is 0 Å². The minimum Gasteiger partial charge on any atom is -0.480 e. The number of nitrogens with zero attached hydrogens (tertiary/aromatic N) is 1. The van der Waals surface area contributed by atoms with E-state index >= 15 is 0 Å². The van der Waals surface area contributed by atoms with Gasteiger partial charge in [-0.05, 0) is 19.3 Å². The number of unbranched alkanes of at least 4 members (excludes halogenated alkanes) is 1. The van der Waals surface area contributed by atoms with Crippen molar-refractivity contribution in [2.45, 2.75) is 64.0 Å². The Balaban J connectivity index is 2.62. The standard InChI is InChI=1S/C13H24N2O3/c1-2-3-8-11(14)13(18)15(9-12(16)17)10-6-4-5-7-10/h10-11H,2-9,14H2,1H3,(H,16,17). The summed E-state index contributed by atoms with van der Waals surface area (Å²) in [5.41, 5.74) is 5.86. The second-order valence-electron chi connectivity index (χ2n) is 5.05. The molecular formula is C13H24N2O3. The van der Waals surface area contributed by atoms with Crippen LogP contribution in [-0.2, 0) is 9.59 Å². The van der Waals surface area contributed by atoms with Crippen LogP contribution in [0.1, 0.15) is 51.9 Å². The molecule has 0 aromatic rings. The molecule has 1 aliphatic rings. The molecule has 1 aliphatic carbocycles. The predicted octanol–water partition coefficient (Wildman–Crippen LogP) is 1.36. The summed E-state index contributed by atoms with van der Waals surface area (Å²) < 4.78 is 0. The average Bonchev–Trinajstić information content (AvgIpc) is 2.85. The van der Waals surface area contributed by atoms with E-state index in [9.17, 15) is 9.59 Å². The number of nitrogens with two attached hydrogens (primary N) is 1. The topological polar surface area (TPSA) is 83.6 Å². The van der Waals surface area contributed by atoms with Crippen molar-refractivity contribution in [1.82, 2.24) is 4.90 Å². The van der Waals surface area contributed by atoms with E-state index in [4.69, 9.17) is 10.8 Å². The first kappa shape index (κ1) is 15.0. The number of rotatable bonds is 7. The van der Waals surface area contributed by atoms with E-state index in [0.717, 1.165) is 38.5 Å². The smallest absolute Gasteiger partial charge is 0.323 e. The van der Waals surface area contributed by atoms with Crippen molar-refractivity contribution < 1.29 is 14.7 Å². The monoisotopic (exact) mass is 256 g/mol. The molecule has 0 heterocycles. The van der Waals surface area contributed by atoms with Crippen LogP contribution in [0, 0.1) is 0 Å². The third-order valence-corrected chi connectivity index (χ3v) is 3.54. The van der Waals surface area contributed by atoms with Gasteiger partial charge in [0.1, 0.15) is 6.54 Å². The molecular weight excluding hydrogens is 232 g/mol. The van der Waals surface area contributed by atoms with Crippen molar-refractivity contribution in [1.29, 1.82) is 0 Å². The molecule has 5 nitrogen and oxygen atoms in total. The van der Waals surface area contributed by atoms with E-state index in [0.29, 0.717) is 6.42 Å². The number of amides is 1. The minimum absolute atomic E-state index is 0.0706. The lowest BCUT2D eigenvalue weighted by molar-refractivity contribution is -0.146. The van der Waals surface area contributed by atoms with E-state index < -0.39 is 12.0 Å². The maximum absolute atomic E-state index is 12.2. The largest absolute Gasteiger partial charge is 0.480 e. The fourth-order valence-corrected chi connectivity index (χ4v) is 2.51. The minimum atomic E-state index is -0.960. The quantitative estimate of drug-likeness (QED) is 0.720. The van der Waals surface area contributed by atoms with Crippen LogP contribution < -0.4 is 5.73 Å². The highest BCUT2D eigenvalue weighted by Gasteiger charge is 2.30. The highest BCUT2D eigenvalue weighted by atomic mass is 16.4. The van der Waals surface area contributed by atoms with Crippen LogP contribution in [0.25, 0.3) is 0 Å². The van der Waals surface area contributed by atoms with Crippen LogP contribution >= 0.6 is 0 Å². The van der Waals surface area contributed by atoms with E-state index in [1.54, 1.807) is 0 Å². The molecule has 1 saturated carbocycles. The second kappa shape index (κ2) is 7.36. The van der Waals surface area contributed by atoms with Gasteiger partial charge in [0.2, 0.25) is 5.91 Å².